The smallest absolute Gasteiger partial charge is 0.305 e. The van der Waals surface area contributed by atoms with Gasteiger partial charge in [0.1, 0.15) is 0 Å². The number of likely N-dealkylation sites (tertiary alicyclic amines) is 1. The number of aliphatic carboxylic acids is 1. The van der Waals surface area contributed by atoms with Crippen LogP contribution in [0.2, 0.25) is 0 Å². The molecule has 0 aromatic heterocycles. The maximum Gasteiger partial charge on any atom is 0.305 e. The van der Waals surface area contributed by atoms with E-state index >= 15 is 0 Å². The number of ether oxygens (including phenoxy) is 2. The minimum Gasteiger partial charge on any atom is -0.481 e. The molecule has 8 heteroatoms. The number of rotatable bonds is 13. The van der Waals surface area contributed by atoms with E-state index in [0.29, 0.717) is 51.2 Å². The third-order valence-corrected chi connectivity index (χ3v) is 5.79. The van der Waals surface area contributed by atoms with E-state index in [1.807, 2.05) is 11.8 Å². The number of nitrogens with one attached hydrogen (secondary N) is 1. The standard InChI is InChI=1S/C20H34N2O6/c1-15-17(16-4-2-3-5-16)14-22(20(15)26)9-6-18(23)21-8-11-28-13-12-27-10-7-19(24)25/h15-17H,2-14H2,1H3,(H,21,23)(H,24,25). The molecule has 2 fully saturated rings. The van der Waals surface area contributed by atoms with Crippen LogP contribution in [0.25, 0.3) is 0 Å². The Labute approximate surface area is 166 Å². The average Bonchev–Trinajstić information content (AvgIpc) is 3.28. The maximum atomic E-state index is 12.5. The van der Waals surface area contributed by atoms with Crippen LogP contribution in [0.5, 0.6) is 0 Å². The van der Waals surface area contributed by atoms with E-state index in [9.17, 15) is 14.4 Å². The van der Waals surface area contributed by atoms with Gasteiger partial charge in [-0.05, 0) is 11.8 Å². The summed E-state index contributed by atoms with van der Waals surface area (Å²) in [7, 11) is 0. The number of carbonyl (C=O) groups is 3. The van der Waals surface area contributed by atoms with Gasteiger partial charge >= 0.3 is 5.97 Å². The molecule has 2 unspecified atom stereocenters. The van der Waals surface area contributed by atoms with E-state index in [4.69, 9.17) is 14.6 Å². The third kappa shape index (κ3) is 7.39. The second kappa shape index (κ2) is 12.0. The van der Waals surface area contributed by atoms with Gasteiger partial charge in [-0.3, -0.25) is 14.4 Å². The summed E-state index contributed by atoms with van der Waals surface area (Å²) in [5.41, 5.74) is 0. The average molecular weight is 399 g/mol. The predicted molar refractivity (Wildman–Crippen MR) is 103 cm³/mol. The van der Waals surface area contributed by atoms with Gasteiger partial charge in [-0.2, -0.15) is 0 Å². The fourth-order valence-electron chi connectivity index (χ4n) is 4.19. The van der Waals surface area contributed by atoms with E-state index in [0.717, 1.165) is 6.54 Å². The summed E-state index contributed by atoms with van der Waals surface area (Å²) < 4.78 is 10.4. The molecule has 1 heterocycles. The molecule has 2 N–H and O–H groups in total. The molecule has 0 aromatic rings. The van der Waals surface area contributed by atoms with Crippen molar-refractivity contribution in [3.05, 3.63) is 0 Å². The van der Waals surface area contributed by atoms with Crippen LogP contribution in [0.4, 0.5) is 0 Å². The van der Waals surface area contributed by atoms with Crippen molar-refractivity contribution in [2.45, 2.75) is 45.4 Å². The van der Waals surface area contributed by atoms with Gasteiger partial charge in [-0.15, -0.1) is 0 Å². The first-order valence-corrected chi connectivity index (χ1v) is 10.4. The Hall–Kier alpha value is -1.67. The first kappa shape index (κ1) is 22.6. The Balaban J connectivity index is 1.50. The van der Waals surface area contributed by atoms with Gasteiger partial charge in [0.25, 0.3) is 0 Å². The Kier molecular flexibility index (Phi) is 9.70. The van der Waals surface area contributed by atoms with Gasteiger partial charge in [-0.1, -0.05) is 32.6 Å². The zero-order valence-electron chi connectivity index (χ0n) is 16.9. The first-order chi connectivity index (χ1) is 13.5. The SMILES string of the molecule is CC1C(=O)N(CCC(=O)NCCOCCOCCC(=O)O)CC1C1CCCC1. The Morgan fingerprint density at radius 3 is 2.46 bits per heavy atom. The van der Waals surface area contributed by atoms with E-state index < -0.39 is 5.97 Å². The van der Waals surface area contributed by atoms with Crippen LogP contribution in [0.3, 0.4) is 0 Å². The van der Waals surface area contributed by atoms with Crippen molar-refractivity contribution in [3.8, 4) is 0 Å². The largest absolute Gasteiger partial charge is 0.481 e. The fourth-order valence-corrected chi connectivity index (χ4v) is 4.19. The fraction of sp³-hybridized carbons (Fsp3) is 0.850. The summed E-state index contributed by atoms with van der Waals surface area (Å²) in [6.07, 6.45) is 5.33. The lowest BCUT2D eigenvalue weighted by Crippen LogP contribution is -2.34. The minimum absolute atomic E-state index is 0.0181. The molecule has 1 saturated heterocycles. The molecule has 0 aromatic carbocycles. The first-order valence-electron chi connectivity index (χ1n) is 10.4. The van der Waals surface area contributed by atoms with Crippen molar-refractivity contribution in [2.75, 3.05) is 46.1 Å². The van der Waals surface area contributed by atoms with Crippen molar-refractivity contribution < 1.29 is 29.0 Å². The van der Waals surface area contributed by atoms with Crippen molar-refractivity contribution in [3.63, 3.8) is 0 Å². The molecule has 0 spiro atoms. The minimum atomic E-state index is -0.886. The van der Waals surface area contributed by atoms with E-state index in [1.165, 1.54) is 25.7 Å². The van der Waals surface area contributed by atoms with Crippen LogP contribution in [-0.2, 0) is 23.9 Å². The molecule has 2 rings (SSSR count). The molecule has 1 saturated carbocycles. The lowest BCUT2D eigenvalue weighted by Gasteiger charge is -2.20. The number of nitrogens with zero attached hydrogens (tertiary/aromatic N) is 1. The van der Waals surface area contributed by atoms with Crippen molar-refractivity contribution in [1.29, 1.82) is 0 Å². The van der Waals surface area contributed by atoms with Gasteiger partial charge in [0.15, 0.2) is 0 Å². The van der Waals surface area contributed by atoms with E-state index in [2.05, 4.69) is 5.32 Å². The van der Waals surface area contributed by atoms with Crippen LogP contribution in [0.15, 0.2) is 0 Å². The summed E-state index contributed by atoms with van der Waals surface area (Å²) in [6.45, 7) is 4.95. The summed E-state index contributed by atoms with van der Waals surface area (Å²) in [5, 5.41) is 11.3. The maximum absolute atomic E-state index is 12.5. The van der Waals surface area contributed by atoms with Crippen LogP contribution in [0.1, 0.15) is 45.4 Å². The zero-order valence-corrected chi connectivity index (χ0v) is 16.9. The summed E-state index contributed by atoms with van der Waals surface area (Å²) in [5.74, 6) is 0.425. The molecule has 2 aliphatic rings. The van der Waals surface area contributed by atoms with Gasteiger partial charge in [-0.25, -0.2) is 0 Å². The van der Waals surface area contributed by atoms with E-state index in [-0.39, 0.29) is 30.8 Å². The highest BCUT2D eigenvalue weighted by atomic mass is 16.5. The van der Waals surface area contributed by atoms with Crippen LogP contribution in [-0.4, -0.2) is 73.9 Å². The molecule has 1 aliphatic heterocycles. The van der Waals surface area contributed by atoms with Gasteiger partial charge in [0, 0.05) is 32.0 Å². The number of hydrogen-bond donors (Lipinski definition) is 2. The lowest BCUT2D eigenvalue weighted by atomic mass is 9.84. The van der Waals surface area contributed by atoms with E-state index in [1.54, 1.807) is 0 Å². The second-order valence-electron chi connectivity index (χ2n) is 7.75. The number of carboxylic acid groups (broad SMARTS) is 1. The quantitative estimate of drug-likeness (QED) is 0.453. The van der Waals surface area contributed by atoms with Crippen LogP contribution >= 0.6 is 0 Å². The molecular weight excluding hydrogens is 364 g/mol. The molecule has 2 atom stereocenters. The molecule has 2 amide bonds. The molecular formula is C20H34N2O6. The Morgan fingerprint density at radius 2 is 1.79 bits per heavy atom. The van der Waals surface area contributed by atoms with Gasteiger partial charge in [0.05, 0.1) is 32.8 Å². The summed E-state index contributed by atoms with van der Waals surface area (Å²) >= 11 is 0. The highest BCUT2D eigenvalue weighted by Crippen LogP contribution is 2.39. The summed E-state index contributed by atoms with van der Waals surface area (Å²) in [6, 6.07) is 0. The second-order valence-corrected chi connectivity index (χ2v) is 7.75. The number of amides is 2. The number of hydrogen-bond acceptors (Lipinski definition) is 5. The number of carbonyl (C=O) groups excluding carboxylic acids is 2. The number of carboxylic acids is 1. The van der Waals surface area contributed by atoms with Gasteiger partial charge in [0.2, 0.25) is 11.8 Å². The highest BCUT2D eigenvalue weighted by Gasteiger charge is 2.41. The van der Waals surface area contributed by atoms with Crippen molar-refractivity contribution in [2.24, 2.45) is 17.8 Å². The molecule has 0 bridgehead atoms. The third-order valence-electron chi connectivity index (χ3n) is 5.79. The van der Waals surface area contributed by atoms with Crippen LogP contribution in [0, 0.1) is 17.8 Å². The normalized spacial score (nSPS) is 22.8. The molecule has 0 radical (unpaired) electrons. The van der Waals surface area contributed by atoms with Gasteiger partial charge < -0.3 is 24.8 Å². The molecule has 8 nitrogen and oxygen atoms in total. The van der Waals surface area contributed by atoms with Crippen molar-refractivity contribution in [1.82, 2.24) is 10.2 Å². The lowest BCUT2D eigenvalue weighted by molar-refractivity contribution is -0.138. The van der Waals surface area contributed by atoms with Crippen molar-refractivity contribution >= 4 is 17.8 Å². The topological polar surface area (TPSA) is 105 Å². The zero-order chi connectivity index (χ0) is 20.4. The molecule has 160 valence electrons. The Bertz CT molecular complexity index is 521. The monoisotopic (exact) mass is 398 g/mol. The summed E-state index contributed by atoms with van der Waals surface area (Å²) in [4.78, 5) is 36.6. The predicted octanol–water partition coefficient (Wildman–Crippen LogP) is 1.29. The van der Waals surface area contributed by atoms with Crippen LogP contribution < -0.4 is 5.32 Å². The highest BCUT2D eigenvalue weighted by molar-refractivity contribution is 5.82. The molecule has 28 heavy (non-hydrogen) atoms. The Morgan fingerprint density at radius 1 is 1.11 bits per heavy atom. The molecule has 1 aliphatic carbocycles.